The first-order valence-corrected chi connectivity index (χ1v) is 6.06. The standard InChI is InChI=1S/C12H25NO/c1-4-7-13-8-11-5-6-12(11)9-14-10(2)3/h10-13H,4-9H2,1-3H3. The Labute approximate surface area is 88.4 Å². The van der Waals surface area contributed by atoms with E-state index in [1.165, 1.54) is 25.8 Å². The van der Waals surface area contributed by atoms with E-state index in [9.17, 15) is 0 Å². The number of hydrogen-bond acceptors (Lipinski definition) is 2. The molecule has 1 fully saturated rings. The molecule has 0 radical (unpaired) electrons. The monoisotopic (exact) mass is 199 g/mol. The highest BCUT2D eigenvalue weighted by Gasteiger charge is 2.30. The van der Waals surface area contributed by atoms with Crippen molar-refractivity contribution in [3.8, 4) is 0 Å². The maximum Gasteiger partial charge on any atom is 0.0519 e. The van der Waals surface area contributed by atoms with Gasteiger partial charge in [0.2, 0.25) is 0 Å². The van der Waals surface area contributed by atoms with Crippen LogP contribution in [-0.4, -0.2) is 25.8 Å². The van der Waals surface area contributed by atoms with Crippen LogP contribution in [0.25, 0.3) is 0 Å². The summed E-state index contributed by atoms with van der Waals surface area (Å²) >= 11 is 0. The van der Waals surface area contributed by atoms with E-state index in [0.717, 1.165) is 25.0 Å². The van der Waals surface area contributed by atoms with E-state index in [1.807, 2.05) is 0 Å². The molecule has 0 aromatic carbocycles. The first kappa shape index (κ1) is 12.0. The fourth-order valence-corrected chi connectivity index (χ4v) is 1.91. The number of ether oxygens (including phenoxy) is 1. The van der Waals surface area contributed by atoms with Gasteiger partial charge in [0, 0.05) is 0 Å². The van der Waals surface area contributed by atoms with E-state index in [1.54, 1.807) is 0 Å². The van der Waals surface area contributed by atoms with Crippen LogP contribution in [0.2, 0.25) is 0 Å². The zero-order valence-electron chi connectivity index (χ0n) is 9.88. The third-order valence-electron chi connectivity index (χ3n) is 3.05. The topological polar surface area (TPSA) is 21.3 Å². The van der Waals surface area contributed by atoms with Gasteiger partial charge in [-0.3, -0.25) is 0 Å². The Balaban J connectivity index is 2.03. The molecule has 0 saturated heterocycles. The van der Waals surface area contributed by atoms with Gasteiger partial charge >= 0.3 is 0 Å². The Kier molecular flexibility index (Phi) is 5.49. The van der Waals surface area contributed by atoms with Gasteiger partial charge in [-0.05, 0) is 58.0 Å². The van der Waals surface area contributed by atoms with E-state index >= 15 is 0 Å². The normalized spacial score (nSPS) is 26.6. The van der Waals surface area contributed by atoms with E-state index < -0.39 is 0 Å². The zero-order valence-corrected chi connectivity index (χ0v) is 9.88. The molecule has 1 rings (SSSR count). The molecular weight excluding hydrogens is 174 g/mol. The molecule has 0 aliphatic heterocycles. The minimum Gasteiger partial charge on any atom is -0.378 e. The molecule has 84 valence electrons. The van der Waals surface area contributed by atoms with Crippen molar-refractivity contribution in [3.05, 3.63) is 0 Å². The molecule has 0 aromatic rings. The molecule has 2 heteroatoms. The molecule has 0 amide bonds. The third-order valence-corrected chi connectivity index (χ3v) is 3.05. The summed E-state index contributed by atoms with van der Waals surface area (Å²) in [6.07, 6.45) is 4.38. The molecular formula is C12H25NO. The van der Waals surface area contributed by atoms with Gasteiger partial charge < -0.3 is 10.1 Å². The highest BCUT2D eigenvalue weighted by molar-refractivity contribution is 4.82. The highest BCUT2D eigenvalue weighted by Crippen LogP contribution is 2.33. The average Bonchev–Trinajstić information content (AvgIpc) is 2.10. The second kappa shape index (κ2) is 6.41. The van der Waals surface area contributed by atoms with Crippen molar-refractivity contribution in [1.82, 2.24) is 5.32 Å². The summed E-state index contributed by atoms with van der Waals surface area (Å²) in [7, 11) is 0. The molecule has 1 aliphatic rings. The maximum absolute atomic E-state index is 5.65. The van der Waals surface area contributed by atoms with Crippen LogP contribution >= 0.6 is 0 Å². The lowest BCUT2D eigenvalue weighted by Crippen LogP contribution is -2.38. The molecule has 2 nitrogen and oxygen atoms in total. The smallest absolute Gasteiger partial charge is 0.0519 e. The zero-order chi connectivity index (χ0) is 10.4. The number of nitrogens with one attached hydrogen (secondary N) is 1. The van der Waals surface area contributed by atoms with Gasteiger partial charge in [0.15, 0.2) is 0 Å². The van der Waals surface area contributed by atoms with Crippen molar-refractivity contribution in [2.45, 2.75) is 46.1 Å². The van der Waals surface area contributed by atoms with E-state index in [0.29, 0.717) is 6.10 Å². The second-order valence-electron chi connectivity index (χ2n) is 4.68. The molecule has 1 saturated carbocycles. The Morgan fingerprint density at radius 2 is 2.00 bits per heavy atom. The van der Waals surface area contributed by atoms with Crippen LogP contribution in [0.15, 0.2) is 0 Å². The van der Waals surface area contributed by atoms with Gasteiger partial charge in [0.1, 0.15) is 0 Å². The Morgan fingerprint density at radius 1 is 1.29 bits per heavy atom. The summed E-state index contributed by atoms with van der Waals surface area (Å²) in [4.78, 5) is 0. The van der Waals surface area contributed by atoms with Gasteiger partial charge in [0.05, 0.1) is 12.7 Å². The van der Waals surface area contributed by atoms with Gasteiger partial charge in [-0.25, -0.2) is 0 Å². The van der Waals surface area contributed by atoms with Crippen molar-refractivity contribution in [1.29, 1.82) is 0 Å². The van der Waals surface area contributed by atoms with Crippen LogP contribution in [0.1, 0.15) is 40.0 Å². The molecule has 2 unspecified atom stereocenters. The van der Waals surface area contributed by atoms with E-state index in [2.05, 4.69) is 26.1 Å². The first-order valence-electron chi connectivity index (χ1n) is 6.06. The molecule has 1 aliphatic carbocycles. The molecule has 1 N–H and O–H groups in total. The Hall–Kier alpha value is -0.0800. The van der Waals surface area contributed by atoms with E-state index in [4.69, 9.17) is 4.74 Å². The van der Waals surface area contributed by atoms with Crippen LogP contribution < -0.4 is 5.32 Å². The predicted molar refractivity (Wildman–Crippen MR) is 60.5 cm³/mol. The average molecular weight is 199 g/mol. The minimum absolute atomic E-state index is 0.389. The van der Waals surface area contributed by atoms with Crippen molar-refractivity contribution in [2.75, 3.05) is 19.7 Å². The number of hydrogen-bond donors (Lipinski definition) is 1. The summed E-state index contributed by atoms with van der Waals surface area (Å²) in [6.45, 7) is 9.77. The molecule has 14 heavy (non-hydrogen) atoms. The van der Waals surface area contributed by atoms with Crippen molar-refractivity contribution in [2.24, 2.45) is 11.8 Å². The molecule has 0 aromatic heterocycles. The maximum atomic E-state index is 5.65. The van der Waals surface area contributed by atoms with Crippen molar-refractivity contribution >= 4 is 0 Å². The number of rotatable bonds is 7. The minimum atomic E-state index is 0.389. The third kappa shape index (κ3) is 3.97. The lowest BCUT2D eigenvalue weighted by molar-refractivity contribution is 0.00146. The van der Waals surface area contributed by atoms with Gasteiger partial charge in [-0.15, -0.1) is 0 Å². The van der Waals surface area contributed by atoms with Gasteiger partial charge in [-0.2, -0.15) is 0 Å². The first-order chi connectivity index (χ1) is 6.74. The summed E-state index contributed by atoms with van der Waals surface area (Å²) < 4.78 is 5.65. The van der Waals surface area contributed by atoms with Crippen molar-refractivity contribution < 1.29 is 4.74 Å². The van der Waals surface area contributed by atoms with Crippen molar-refractivity contribution in [3.63, 3.8) is 0 Å². The molecule has 0 bridgehead atoms. The Bertz CT molecular complexity index is 147. The molecule has 2 atom stereocenters. The summed E-state index contributed by atoms with van der Waals surface area (Å²) in [6, 6.07) is 0. The van der Waals surface area contributed by atoms with Crippen LogP contribution in [-0.2, 0) is 4.74 Å². The molecule has 0 heterocycles. The van der Waals surface area contributed by atoms with Gasteiger partial charge in [0.25, 0.3) is 0 Å². The van der Waals surface area contributed by atoms with Crippen LogP contribution in [0.3, 0.4) is 0 Å². The van der Waals surface area contributed by atoms with Crippen LogP contribution in [0.5, 0.6) is 0 Å². The largest absolute Gasteiger partial charge is 0.378 e. The predicted octanol–water partition coefficient (Wildman–Crippen LogP) is 2.44. The lowest BCUT2D eigenvalue weighted by Gasteiger charge is -2.37. The lowest BCUT2D eigenvalue weighted by atomic mass is 9.74. The fourth-order valence-electron chi connectivity index (χ4n) is 1.91. The Morgan fingerprint density at radius 3 is 2.50 bits per heavy atom. The fraction of sp³-hybridized carbons (Fsp3) is 1.00. The van der Waals surface area contributed by atoms with Crippen LogP contribution in [0, 0.1) is 11.8 Å². The summed E-state index contributed by atoms with van der Waals surface area (Å²) in [5.41, 5.74) is 0. The SMILES string of the molecule is CCCNCC1CCC1COC(C)C. The summed E-state index contributed by atoms with van der Waals surface area (Å²) in [5.74, 6) is 1.70. The van der Waals surface area contributed by atoms with Gasteiger partial charge in [-0.1, -0.05) is 6.92 Å². The summed E-state index contributed by atoms with van der Waals surface area (Å²) in [5, 5.41) is 3.50. The second-order valence-corrected chi connectivity index (χ2v) is 4.68. The highest BCUT2D eigenvalue weighted by atomic mass is 16.5. The molecule has 0 spiro atoms. The quantitative estimate of drug-likeness (QED) is 0.636. The van der Waals surface area contributed by atoms with Crippen LogP contribution in [0.4, 0.5) is 0 Å². The van der Waals surface area contributed by atoms with E-state index in [-0.39, 0.29) is 0 Å².